The van der Waals surface area contributed by atoms with Gasteiger partial charge in [0.15, 0.2) is 22.3 Å². The van der Waals surface area contributed by atoms with Crippen molar-refractivity contribution >= 4 is 44.6 Å². The molecule has 26 heavy (non-hydrogen) atoms. The van der Waals surface area contributed by atoms with Crippen LogP contribution < -0.4 is 19.9 Å². The van der Waals surface area contributed by atoms with Gasteiger partial charge >= 0.3 is 0 Å². The third-order valence-electron chi connectivity index (χ3n) is 3.71. The van der Waals surface area contributed by atoms with Crippen molar-refractivity contribution in [2.45, 2.75) is 13.5 Å². The van der Waals surface area contributed by atoms with E-state index in [0.29, 0.717) is 41.6 Å². The molecule has 0 fully saturated rings. The number of halogens is 2. The highest BCUT2D eigenvalue weighted by Gasteiger charge is 2.20. The lowest BCUT2D eigenvalue weighted by Gasteiger charge is -2.18. The predicted octanol–water partition coefficient (Wildman–Crippen LogP) is 3.29. The van der Waals surface area contributed by atoms with E-state index in [9.17, 15) is 0 Å². The maximum Gasteiger partial charge on any atom is 0.223 e. The Labute approximate surface area is 163 Å². The van der Waals surface area contributed by atoms with Crippen LogP contribution in [0.2, 0.25) is 5.15 Å². The summed E-state index contributed by atoms with van der Waals surface area (Å²) in [5.41, 5.74) is 7.62. The molecule has 0 unspecified atom stereocenters. The fourth-order valence-electron chi connectivity index (χ4n) is 2.60. The highest BCUT2D eigenvalue weighted by molar-refractivity contribution is 9.10. The molecule has 10 heteroatoms. The van der Waals surface area contributed by atoms with Gasteiger partial charge in [-0.1, -0.05) is 11.6 Å². The van der Waals surface area contributed by atoms with Gasteiger partial charge in [0, 0.05) is 0 Å². The largest absolute Gasteiger partial charge is 0.493 e. The Balaban J connectivity index is 2.11. The van der Waals surface area contributed by atoms with Crippen LogP contribution in [0.25, 0.3) is 11.2 Å². The van der Waals surface area contributed by atoms with Crippen molar-refractivity contribution < 1.29 is 14.2 Å². The molecule has 2 aromatic heterocycles. The van der Waals surface area contributed by atoms with E-state index >= 15 is 0 Å². The summed E-state index contributed by atoms with van der Waals surface area (Å²) >= 11 is 9.67. The number of nitrogens with two attached hydrogens (primary N) is 1. The standard InChI is InChI=1S/C16H17BrClN5O3/c1-4-26-12-9(24-2)5-8(10(17)13(12)25-3)6-23-7-20-11-14(18)21-16(19)22-15(11)23/h5,7H,4,6H2,1-3H3,(H2,19,21,22). The molecule has 1 aromatic carbocycles. The first kappa shape index (κ1) is 18.5. The molecule has 2 N–H and O–H groups in total. The second-order valence-corrected chi connectivity index (χ2v) is 6.42. The average molecular weight is 443 g/mol. The molecule has 0 bridgehead atoms. The summed E-state index contributed by atoms with van der Waals surface area (Å²) in [6.07, 6.45) is 1.63. The van der Waals surface area contributed by atoms with Gasteiger partial charge in [0.2, 0.25) is 11.7 Å². The molecule has 138 valence electrons. The van der Waals surface area contributed by atoms with Crippen molar-refractivity contribution in [3.63, 3.8) is 0 Å². The van der Waals surface area contributed by atoms with Gasteiger partial charge in [-0.05, 0) is 34.5 Å². The van der Waals surface area contributed by atoms with Crippen molar-refractivity contribution in [2.75, 3.05) is 26.6 Å². The number of benzene rings is 1. The number of fused-ring (bicyclic) bond motifs is 1. The zero-order valence-corrected chi connectivity index (χ0v) is 16.8. The van der Waals surface area contributed by atoms with Crippen LogP contribution in [0.1, 0.15) is 12.5 Å². The minimum Gasteiger partial charge on any atom is -0.493 e. The van der Waals surface area contributed by atoms with Crippen LogP contribution in [-0.2, 0) is 6.54 Å². The number of nitrogens with zero attached hydrogens (tertiary/aromatic N) is 4. The van der Waals surface area contributed by atoms with E-state index in [1.807, 2.05) is 17.6 Å². The molecule has 0 aliphatic carbocycles. The first-order valence-corrected chi connectivity index (χ1v) is 8.87. The Morgan fingerprint density at radius 1 is 1.23 bits per heavy atom. The van der Waals surface area contributed by atoms with Gasteiger partial charge in [0.25, 0.3) is 0 Å². The van der Waals surface area contributed by atoms with Crippen LogP contribution in [0, 0.1) is 0 Å². The second kappa shape index (κ2) is 7.55. The number of hydrogen-bond acceptors (Lipinski definition) is 7. The summed E-state index contributed by atoms with van der Waals surface area (Å²) in [5.74, 6) is 1.75. The first-order chi connectivity index (χ1) is 12.5. The summed E-state index contributed by atoms with van der Waals surface area (Å²) in [6, 6.07) is 1.87. The molecular weight excluding hydrogens is 426 g/mol. The molecule has 3 aromatic rings. The fourth-order valence-corrected chi connectivity index (χ4v) is 3.40. The number of methoxy groups -OCH3 is 2. The number of ether oxygens (including phenoxy) is 3. The number of aromatic nitrogens is 4. The SMILES string of the molecule is CCOc1c(OC)cc(Cn2cnc3c(Cl)nc(N)nc32)c(Br)c1OC. The molecule has 0 atom stereocenters. The molecule has 0 radical (unpaired) electrons. The third kappa shape index (κ3) is 3.24. The van der Waals surface area contributed by atoms with Gasteiger partial charge in [0.1, 0.15) is 5.52 Å². The molecule has 0 spiro atoms. The summed E-state index contributed by atoms with van der Waals surface area (Å²) < 4.78 is 19.2. The van der Waals surface area contributed by atoms with Gasteiger partial charge in [-0.15, -0.1) is 0 Å². The Morgan fingerprint density at radius 3 is 2.65 bits per heavy atom. The van der Waals surface area contributed by atoms with Crippen molar-refractivity contribution in [2.24, 2.45) is 0 Å². The Bertz CT molecular complexity index is 963. The van der Waals surface area contributed by atoms with Crippen LogP contribution in [0.3, 0.4) is 0 Å². The van der Waals surface area contributed by atoms with Crippen LogP contribution in [0.4, 0.5) is 5.95 Å². The maximum atomic E-state index is 6.09. The van der Waals surface area contributed by atoms with E-state index < -0.39 is 0 Å². The lowest BCUT2D eigenvalue weighted by molar-refractivity contribution is 0.287. The fraction of sp³-hybridized carbons (Fsp3) is 0.312. The van der Waals surface area contributed by atoms with Gasteiger partial charge in [0.05, 0.1) is 38.2 Å². The van der Waals surface area contributed by atoms with Gasteiger partial charge in [-0.2, -0.15) is 9.97 Å². The molecule has 0 amide bonds. The highest BCUT2D eigenvalue weighted by atomic mass is 79.9. The van der Waals surface area contributed by atoms with Crippen molar-refractivity contribution in [1.29, 1.82) is 0 Å². The zero-order chi connectivity index (χ0) is 18.8. The number of nitrogen functional groups attached to an aromatic ring is 1. The van der Waals surface area contributed by atoms with E-state index in [2.05, 4.69) is 30.9 Å². The van der Waals surface area contributed by atoms with Crippen molar-refractivity contribution in [3.05, 3.63) is 27.6 Å². The van der Waals surface area contributed by atoms with Crippen LogP contribution >= 0.6 is 27.5 Å². The van der Waals surface area contributed by atoms with E-state index in [0.717, 1.165) is 10.0 Å². The average Bonchev–Trinajstić information content (AvgIpc) is 3.00. The molecule has 0 aliphatic heterocycles. The van der Waals surface area contributed by atoms with Gasteiger partial charge in [-0.3, -0.25) is 0 Å². The number of hydrogen-bond donors (Lipinski definition) is 1. The van der Waals surface area contributed by atoms with E-state index in [-0.39, 0.29) is 11.1 Å². The predicted molar refractivity (Wildman–Crippen MR) is 102 cm³/mol. The minimum atomic E-state index is 0.0881. The molecule has 2 heterocycles. The number of rotatable bonds is 6. The Hall–Kier alpha value is -2.26. The lowest BCUT2D eigenvalue weighted by atomic mass is 10.1. The number of anilines is 1. The first-order valence-electron chi connectivity index (χ1n) is 7.70. The van der Waals surface area contributed by atoms with E-state index in [1.54, 1.807) is 20.5 Å². The third-order valence-corrected chi connectivity index (χ3v) is 4.84. The lowest BCUT2D eigenvalue weighted by Crippen LogP contribution is -2.06. The summed E-state index contributed by atoms with van der Waals surface area (Å²) in [6.45, 7) is 2.81. The van der Waals surface area contributed by atoms with Crippen molar-refractivity contribution in [3.8, 4) is 17.2 Å². The summed E-state index contributed by atoms with van der Waals surface area (Å²) in [4.78, 5) is 12.4. The van der Waals surface area contributed by atoms with Crippen LogP contribution in [-0.4, -0.2) is 40.3 Å². The van der Waals surface area contributed by atoms with Crippen LogP contribution in [0.5, 0.6) is 17.2 Å². The molecule has 0 saturated heterocycles. The second-order valence-electron chi connectivity index (χ2n) is 5.26. The smallest absolute Gasteiger partial charge is 0.223 e. The highest BCUT2D eigenvalue weighted by Crippen LogP contribution is 2.45. The number of imidazole rings is 1. The van der Waals surface area contributed by atoms with Gasteiger partial charge < -0.3 is 24.5 Å². The molecule has 0 saturated carbocycles. The van der Waals surface area contributed by atoms with Gasteiger partial charge in [-0.25, -0.2) is 4.98 Å². The Kier molecular flexibility index (Phi) is 5.38. The summed E-state index contributed by atoms with van der Waals surface area (Å²) in [5, 5.41) is 0.215. The zero-order valence-electron chi connectivity index (χ0n) is 14.4. The van der Waals surface area contributed by atoms with E-state index in [1.165, 1.54) is 0 Å². The molecular formula is C16H17BrClN5O3. The summed E-state index contributed by atoms with van der Waals surface area (Å²) in [7, 11) is 3.15. The maximum absolute atomic E-state index is 6.09. The molecule has 3 rings (SSSR count). The van der Waals surface area contributed by atoms with Crippen LogP contribution in [0.15, 0.2) is 16.9 Å². The Morgan fingerprint density at radius 2 is 2.00 bits per heavy atom. The monoisotopic (exact) mass is 441 g/mol. The quantitative estimate of drug-likeness (QED) is 0.585. The minimum absolute atomic E-state index is 0.0881. The van der Waals surface area contributed by atoms with E-state index in [4.69, 9.17) is 31.5 Å². The van der Waals surface area contributed by atoms with Crippen molar-refractivity contribution in [1.82, 2.24) is 19.5 Å². The molecule has 8 nitrogen and oxygen atoms in total. The molecule has 0 aliphatic rings. The topological polar surface area (TPSA) is 97.3 Å². The normalized spacial score (nSPS) is 11.0.